The van der Waals surface area contributed by atoms with Crippen LogP contribution < -0.4 is 24.3 Å². The third-order valence-corrected chi connectivity index (χ3v) is 6.97. The van der Waals surface area contributed by atoms with Crippen molar-refractivity contribution in [3.63, 3.8) is 0 Å². The highest BCUT2D eigenvalue weighted by Gasteiger charge is 2.52. The van der Waals surface area contributed by atoms with Crippen molar-refractivity contribution in [3.05, 3.63) is 41.0 Å². The number of aromatic hydroxyl groups is 1. The van der Waals surface area contributed by atoms with Gasteiger partial charge in [-0.2, -0.15) is 0 Å². The molecule has 5 rings (SSSR count). The number of rotatable bonds is 7. The largest absolute Gasteiger partial charge is 0.502 e. The van der Waals surface area contributed by atoms with E-state index in [0.29, 0.717) is 18.1 Å². The fraction of sp³-hybridized carbons (Fsp3) is 0.480. The number of phenolic OH excluding ortho intramolecular Hbond substituents is 1. The minimum atomic E-state index is -0.413. The number of cyclic esters (lactones) is 1. The topological polar surface area (TPSA) is 98.7 Å². The molecule has 0 saturated carbocycles. The summed E-state index contributed by atoms with van der Waals surface area (Å²) in [6.45, 7) is 2.12. The predicted molar refractivity (Wildman–Crippen MR) is 123 cm³/mol. The summed E-state index contributed by atoms with van der Waals surface area (Å²) in [5, 5.41) is 14.1. The monoisotopic (exact) mass is 470 g/mol. The average Bonchev–Trinajstić information content (AvgIpc) is 3.44. The first-order chi connectivity index (χ1) is 16.4. The second-order valence-electron chi connectivity index (χ2n) is 9.14. The van der Waals surface area contributed by atoms with Crippen LogP contribution in [0.25, 0.3) is 0 Å². The summed E-state index contributed by atoms with van der Waals surface area (Å²) < 4.78 is 27.8. The Bertz CT molecular complexity index is 1080. The number of phenols is 1. The van der Waals surface area contributed by atoms with Crippen LogP contribution >= 0.6 is 0 Å². The summed E-state index contributed by atoms with van der Waals surface area (Å²) in [6.07, 6.45) is 0. The maximum absolute atomic E-state index is 13.1. The summed E-state index contributed by atoms with van der Waals surface area (Å²) in [5.74, 6) is 0.783. The van der Waals surface area contributed by atoms with Gasteiger partial charge in [-0.15, -0.1) is 0 Å². The molecule has 2 N–H and O–H groups in total. The Morgan fingerprint density at radius 3 is 2.29 bits per heavy atom. The number of benzene rings is 2. The lowest BCUT2D eigenvalue weighted by Gasteiger charge is -2.40. The van der Waals surface area contributed by atoms with Gasteiger partial charge in [0, 0.05) is 31.0 Å². The second kappa shape index (κ2) is 8.88. The number of likely N-dealkylation sites (N-methyl/N-ethyl adjacent to an activating group) is 1. The molecule has 2 aromatic carbocycles. The Morgan fingerprint density at radius 1 is 1.03 bits per heavy atom. The standard InChI is InChI=1S/C25H30N2O7/c1-27(2)6-5-26-23-15-10-18-17(33-12-34-18)9-14(15)21(22-16(23)11-32-25(22)29)13-7-19(30-3)24(28)20(8-13)31-4/h7-10,16,21-23,26,28H,5-6,11-12H2,1-4H3/t16?,21?,22-,23+/m0/s1. The molecule has 0 radical (unpaired) electrons. The van der Waals surface area contributed by atoms with Gasteiger partial charge in [0.25, 0.3) is 0 Å². The molecule has 2 heterocycles. The minimum absolute atomic E-state index is 0.0710. The molecule has 1 saturated heterocycles. The van der Waals surface area contributed by atoms with Gasteiger partial charge in [0.2, 0.25) is 12.5 Å². The zero-order chi connectivity index (χ0) is 24.0. The summed E-state index contributed by atoms with van der Waals surface area (Å²) in [7, 11) is 7.04. The summed E-state index contributed by atoms with van der Waals surface area (Å²) >= 11 is 0. The first-order valence-corrected chi connectivity index (χ1v) is 11.4. The SMILES string of the molecule is COc1cc(C2c3cc4c(cc3[C@@H](NCCN(C)C)C3COC(=O)[C@H]23)OCO4)cc(OC)c1O. The van der Waals surface area contributed by atoms with Crippen LogP contribution in [0.4, 0.5) is 0 Å². The third-order valence-electron chi connectivity index (χ3n) is 6.97. The van der Waals surface area contributed by atoms with Crippen LogP contribution in [0.15, 0.2) is 24.3 Å². The minimum Gasteiger partial charge on any atom is -0.502 e. The van der Waals surface area contributed by atoms with E-state index in [1.54, 1.807) is 12.1 Å². The molecule has 0 aromatic heterocycles. The van der Waals surface area contributed by atoms with E-state index in [-0.39, 0.29) is 47.9 Å². The maximum atomic E-state index is 13.1. The molecule has 0 bridgehead atoms. The van der Waals surface area contributed by atoms with E-state index in [0.717, 1.165) is 29.8 Å². The van der Waals surface area contributed by atoms with E-state index in [1.807, 2.05) is 26.2 Å². The van der Waals surface area contributed by atoms with Gasteiger partial charge in [-0.05, 0) is 55.1 Å². The molecule has 9 nitrogen and oxygen atoms in total. The Hall–Kier alpha value is -3.17. The van der Waals surface area contributed by atoms with Gasteiger partial charge in [0.15, 0.2) is 23.0 Å². The first-order valence-electron chi connectivity index (χ1n) is 11.4. The maximum Gasteiger partial charge on any atom is 0.310 e. The van der Waals surface area contributed by atoms with Crippen LogP contribution in [0.2, 0.25) is 0 Å². The van der Waals surface area contributed by atoms with Crippen LogP contribution in [0.1, 0.15) is 28.7 Å². The molecule has 2 aliphatic heterocycles. The molecular weight excluding hydrogens is 440 g/mol. The van der Waals surface area contributed by atoms with Crippen LogP contribution in [0.3, 0.4) is 0 Å². The van der Waals surface area contributed by atoms with Crippen molar-refractivity contribution >= 4 is 5.97 Å². The molecule has 2 aromatic rings. The number of ether oxygens (including phenoxy) is 5. The summed E-state index contributed by atoms with van der Waals surface area (Å²) in [5.41, 5.74) is 2.81. The zero-order valence-corrected chi connectivity index (χ0v) is 19.8. The van der Waals surface area contributed by atoms with Gasteiger partial charge in [-0.25, -0.2) is 0 Å². The average molecular weight is 471 g/mol. The van der Waals surface area contributed by atoms with Crippen LogP contribution in [0, 0.1) is 11.8 Å². The lowest BCUT2D eigenvalue weighted by molar-refractivity contribution is -0.141. The lowest BCUT2D eigenvalue weighted by Crippen LogP contribution is -2.42. The van der Waals surface area contributed by atoms with E-state index in [1.165, 1.54) is 14.2 Å². The molecule has 1 fully saturated rings. The molecule has 34 heavy (non-hydrogen) atoms. The fourth-order valence-corrected chi connectivity index (χ4v) is 5.36. The molecular formula is C25H30N2O7. The zero-order valence-electron chi connectivity index (χ0n) is 19.8. The van der Waals surface area contributed by atoms with Crippen LogP contribution in [0.5, 0.6) is 28.7 Å². The van der Waals surface area contributed by atoms with Crippen molar-refractivity contribution in [2.24, 2.45) is 11.8 Å². The molecule has 9 heteroatoms. The van der Waals surface area contributed by atoms with Gasteiger partial charge in [0.1, 0.15) is 0 Å². The van der Waals surface area contributed by atoms with E-state index in [9.17, 15) is 9.90 Å². The van der Waals surface area contributed by atoms with Gasteiger partial charge in [-0.1, -0.05) is 0 Å². The van der Waals surface area contributed by atoms with E-state index in [4.69, 9.17) is 23.7 Å². The molecule has 4 atom stereocenters. The lowest BCUT2D eigenvalue weighted by atomic mass is 9.65. The molecule has 0 spiro atoms. The van der Waals surface area contributed by atoms with Gasteiger partial charge in [-0.3, -0.25) is 4.79 Å². The number of carbonyl (C=O) groups excluding carboxylic acids is 1. The highest BCUT2D eigenvalue weighted by molar-refractivity contribution is 5.79. The molecule has 182 valence electrons. The van der Waals surface area contributed by atoms with E-state index >= 15 is 0 Å². The van der Waals surface area contributed by atoms with Gasteiger partial charge >= 0.3 is 5.97 Å². The Morgan fingerprint density at radius 2 is 1.68 bits per heavy atom. The van der Waals surface area contributed by atoms with Gasteiger partial charge in [0.05, 0.1) is 26.7 Å². The molecule has 3 aliphatic rings. The Balaban J connectivity index is 1.67. The van der Waals surface area contributed by atoms with Gasteiger partial charge < -0.3 is 39.0 Å². The normalized spacial score (nSPS) is 24.6. The Kier molecular flexibility index (Phi) is 5.91. The highest BCUT2D eigenvalue weighted by Crippen LogP contribution is 2.55. The van der Waals surface area contributed by atoms with Crippen molar-refractivity contribution in [2.45, 2.75) is 12.0 Å². The van der Waals surface area contributed by atoms with Crippen molar-refractivity contribution in [2.75, 3.05) is 54.8 Å². The quantitative estimate of drug-likeness (QED) is 0.591. The van der Waals surface area contributed by atoms with Crippen molar-refractivity contribution in [1.29, 1.82) is 0 Å². The molecule has 2 unspecified atom stereocenters. The van der Waals surface area contributed by atoms with Crippen LogP contribution in [-0.2, 0) is 9.53 Å². The smallest absolute Gasteiger partial charge is 0.310 e. The molecule has 1 aliphatic carbocycles. The number of methoxy groups -OCH3 is 2. The first kappa shape index (κ1) is 22.6. The van der Waals surface area contributed by atoms with E-state index < -0.39 is 5.92 Å². The van der Waals surface area contributed by atoms with Crippen LogP contribution in [-0.4, -0.2) is 70.8 Å². The predicted octanol–water partition coefficient (Wildman–Crippen LogP) is 2.27. The van der Waals surface area contributed by atoms with E-state index in [2.05, 4.69) is 10.2 Å². The summed E-state index contributed by atoms with van der Waals surface area (Å²) in [6, 6.07) is 7.43. The number of carbonyl (C=O) groups is 1. The number of hydrogen-bond acceptors (Lipinski definition) is 9. The second-order valence-corrected chi connectivity index (χ2v) is 9.14. The van der Waals surface area contributed by atoms with Crippen molar-refractivity contribution in [1.82, 2.24) is 10.2 Å². The fourth-order valence-electron chi connectivity index (χ4n) is 5.36. The third kappa shape index (κ3) is 3.69. The number of nitrogens with zero attached hydrogens (tertiary/aromatic N) is 1. The summed E-state index contributed by atoms with van der Waals surface area (Å²) in [4.78, 5) is 15.2. The number of esters is 1. The molecule has 0 amide bonds. The highest BCUT2D eigenvalue weighted by atomic mass is 16.7. The Labute approximate surface area is 198 Å². The number of nitrogens with one attached hydrogen (secondary N) is 1. The number of hydrogen-bond donors (Lipinski definition) is 2. The van der Waals surface area contributed by atoms with Crippen molar-refractivity contribution < 1.29 is 33.6 Å². The van der Waals surface area contributed by atoms with Crippen molar-refractivity contribution in [3.8, 4) is 28.7 Å². The number of fused-ring (bicyclic) bond motifs is 3.